The molecule has 0 bridgehead atoms. The van der Waals surface area contributed by atoms with E-state index in [1.54, 1.807) is 12.1 Å². The number of oxazole rings is 1. The lowest BCUT2D eigenvalue weighted by atomic mass is 10.0. The molecule has 0 spiro atoms. The van der Waals surface area contributed by atoms with Gasteiger partial charge >= 0.3 is 0 Å². The zero-order valence-corrected chi connectivity index (χ0v) is 15.3. The van der Waals surface area contributed by atoms with Crippen molar-refractivity contribution in [3.05, 3.63) is 41.9 Å². The van der Waals surface area contributed by atoms with E-state index < -0.39 is 0 Å². The second kappa shape index (κ2) is 8.17. The third-order valence-corrected chi connectivity index (χ3v) is 4.82. The average molecular weight is 355 g/mol. The van der Waals surface area contributed by atoms with Crippen molar-refractivity contribution >= 4 is 11.8 Å². The Labute approximate surface area is 153 Å². The van der Waals surface area contributed by atoms with E-state index in [-0.39, 0.29) is 23.6 Å². The fraction of sp³-hybridized carbons (Fsp3) is 0.450. The van der Waals surface area contributed by atoms with Crippen molar-refractivity contribution < 1.29 is 14.0 Å². The number of aromatic nitrogens is 1. The number of nitrogens with one attached hydrogen (secondary N) is 1. The van der Waals surface area contributed by atoms with Crippen LogP contribution in [0, 0.1) is 0 Å². The number of piperidine rings is 1. The van der Waals surface area contributed by atoms with Crippen molar-refractivity contribution in [2.45, 2.75) is 45.6 Å². The molecule has 1 aliphatic heterocycles. The number of likely N-dealkylation sites (tertiary alicyclic amines) is 1. The Bertz CT molecular complexity index is 778. The molecular weight excluding hydrogens is 330 g/mol. The number of hydrogen-bond acceptors (Lipinski definition) is 4. The first-order valence-electron chi connectivity index (χ1n) is 9.24. The lowest BCUT2D eigenvalue weighted by Gasteiger charge is -2.27. The highest BCUT2D eigenvalue weighted by Gasteiger charge is 2.26. The van der Waals surface area contributed by atoms with Crippen LogP contribution < -0.4 is 5.32 Å². The molecule has 0 saturated carbocycles. The van der Waals surface area contributed by atoms with Gasteiger partial charge in [-0.3, -0.25) is 9.59 Å². The largest absolute Gasteiger partial charge is 0.443 e. The Balaban J connectivity index is 1.92. The van der Waals surface area contributed by atoms with Crippen LogP contribution in [-0.4, -0.2) is 40.8 Å². The van der Waals surface area contributed by atoms with Gasteiger partial charge in [-0.1, -0.05) is 25.1 Å². The Morgan fingerprint density at radius 1 is 1.23 bits per heavy atom. The van der Waals surface area contributed by atoms with Crippen molar-refractivity contribution in [3.63, 3.8) is 0 Å². The quantitative estimate of drug-likeness (QED) is 0.891. The first-order chi connectivity index (χ1) is 12.6. The van der Waals surface area contributed by atoms with Gasteiger partial charge in [0.25, 0.3) is 11.8 Å². The third kappa shape index (κ3) is 3.79. The van der Waals surface area contributed by atoms with Gasteiger partial charge in [-0.25, -0.2) is 4.98 Å². The maximum atomic E-state index is 13.0. The zero-order chi connectivity index (χ0) is 18.5. The van der Waals surface area contributed by atoms with Crippen LogP contribution >= 0.6 is 0 Å². The van der Waals surface area contributed by atoms with Crippen LogP contribution in [0.2, 0.25) is 0 Å². The van der Waals surface area contributed by atoms with E-state index in [9.17, 15) is 9.59 Å². The lowest BCUT2D eigenvalue weighted by Crippen LogP contribution is -2.36. The number of rotatable bonds is 5. The molecule has 1 atom stereocenters. The number of hydrogen-bond donors (Lipinski definition) is 1. The SMILES string of the molecule is CC[C@@H](C)NC(=O)c1ncoc1-c1ccccc1C(=O)N1CCCCC1. The molecule has 1 aliphatic rings. The van der Waals surface area contributed by atoms with Crippen molar-refractivity contribution in [1.82, 2.24) is 15.2 Å². The summed E-state index contributed by atoms with van der Waals surface area (Å²) in [4.78, 5) is 31.5. The first-order valence-corrected chi connectivity index (χ1v) is 9.24. The zero-order valence-electron chi connectivity index (χ0n) is 15.3. The van der Waals surface area contributed by atoms with E-state index >= 15 is 0 Å². The van der Waals surface area contributed by atoms with Crippen LogP contribution in [-0.2, 0) is 0 Å². The van der Waals surface area contributed by atoms with Crippen LogP contribution in [0.3, 0.4) is 0 Å². The van der Waals surface area contributed by atoms with Crippen LogP contribution in [0.5, 0.6) is 0 Å². The molecule has 26 heavy (non-hydrogen) atoms. The van der Waals surface area contributed by atoms with Gasteiger partial charge < -0.3 is 14.6 Å². The molecule has 2 heterocycles. The molecule has 2 aromatic rings. The molecule has 0 radical (unpaired) electrons. The summed E-state index contributed by atoms with van der Waals surface area (Å²) in [5, 5.41) is 2.90. The molecule has 6 heteroatoms. The minimum atomic E-state index is -0.289. The number of nitrogens with zero attached hydrogens (tertiary/aromatic N) is 2. The Morgan fingerprint density at radius 2 is 1.96 bits per heavy atom. The third-order valence-electron chi connectivity index (χ3n) is 4.82. The predicted molar refractivity (Wildman–Crippen MR) is 98.9 cm³/mol. The minimum absolute atomic E-state index is 0.0232. The van der Waals surface area contributed by atoms with Crippen LogP contribution in [0.25, 0.3) is 11.3 Å². The highest BCUT2D eigenvalue weighted by Crippen LogP contribution is 2.28. The van der Waals surface area contributed by atoms with Gasteiger partial charge in [0.15, 0.2) is 17.8 Å². The Hall–Kier alpha value is -2.63. The summed E-state index contributed by atoms with van der Waals surface area (Å²) in [6, 6.07) is 7.29. The van der Waals surface area contributed by atoms with Gasteiger partial charge in [-0.2, -0.15) is 0 Å². The molecular formula is C20H25N3O3. The van der Waals surface area contributed by atoms with Gasteiger partial charge in [-0.05, 0) is 38.7 Å². The molecule has 138 valence electrons. The predicted octanol–water partition coefficient (Wildman–Crippen LogP) is 3.50. The molecule has 0 unspecified atom stereocenters. The van der Waals surface area contributed by atoms with Crippen LogP contribution in [0.4, 0.5) is 0 Å². The van der Waals surface area contributed by atoms with E-state index in [4.69, 9.17) is 4.42 Å². The average Bonchev–Trinajstić information content (AvgIpc) is 3.18. The highest BCUT2D eigenvalue weighted by atomic mass is 16.3. The summed E-state index contributed by atoms with van der Waals surface area (Å²) >= 11 is 0. The van der Waals surface area contributed by atoms with Gasteiger partial charge in [-0.15, -0.1) is 0 Å². The molecule has 1 fully saturated rings. The van der Waals surface area contributed by atoms with Crippen LogP contribution in [0.15, 0.2) is 35.1 Å². The topological polar surface area (TPSA) is 75.4 Å². The standard InChI is InChI=1S/C20H25N3O3/c1-3-14(2)22-19(24)17-18(26-13-21-17)15-9-5-6-10-16(15)20(25)23-11-7-4-8-12-23/h5-6,9-10,13-14H,3-4,7-8,11-12H2,1-2H3,(H,22,24)/t14-/m1/s1. The molecule has 1 aromatic carbocycles. The monoisotopic (exact) mass is 355 g/mol. The summed E-state index contributed by atoms with van der Waals surface area (Å²) in [6.45, 7) is 5.47. The maximum absolute atomic E-state index is 13.0. The molecule has 3 rings (SSSR count). The second-order valence-corrected chi connectivity index (χ2v) is 6.71. The summed E-state index contributed by atoms with van der Waals surface area (Å²) in [7, 11) is 0. The molecule has 1 N–H and O–H groups in total. The molecule has 0 aliphatic carbocycles. The molecule has 1 saturated heterocycles. The molecule has 6 nitrogen and oxygen atoms in total. The van der Waals surface area contributed by atoms with E-state index in [2.05, 4.69) is 10.3 Å². The number of amides is 2. The maximum Gasteiger partial charge on any atom is 0.274 e. The number of carbonyl (C=O) groups is 2. The van der Waals surface area contributed by atoms with Crippen molar-refractivity contribution in [2.75, 3.05) is 13.1 Å². The fourth-order valence-electron chi connectivity index (χ4n) is 3.13. The van der Waals surface area contributed by atoms with E-state index in [0.29, 0.717) is 16.9 Å². The number of benzene rings is 1. The van der Waals surface area contributed by atoms with Gasteiger partial charge in [0.05, 0.1) is 5.56 Å². The minimum Gasteiger partial charge on any atom is -0.443 e. The second-order valence-electron chi connectivity index (χ2n) is 6.71. The summed E-state index contributed by atoms with van der Waals surface area (Å²) in [5.74, 6) is 0.0278. The summed E-state index contributed by atoms with van der Waals surface area (Å²) < 4.78 is 5.52. The van der Waals surface area contributed by atoms with Crippen molar-refractivity contribution in [2.24, 2.45) is 0 Å². The smallest absolute Gasteiger partial charge is 0.274 e. The Kier molecular flexibility index (Phi) is 5.71. The highest BCUT2D eigenvalue weighted by molar-refractivity contribution is 6.04. The van der Waals surface area contributed by atoms with Gasteiger partial charge in [0, 0.05) is 24.7 Å². The van der Waals surface area contributed by atoms with E-state index in [1.807, 2.05) is 30.9 Å². The first kappa shape index (κ1) is 18.2. The van der Waals surface area contributed by atoms with Crippen molar-refractivity contribution in [3.8, 4) is 11.3 Å². The van der Waals surface area contributed by atoms with Gasteiger partial charge in [0.1, 0.15) is 0 Å². The summed E-state index contributed by atoms with van der Waals surface area (Å²) in [6.07, 6.45) is 5.29. The number of carbonyl (C=O) groups excluding carboxylic acids is 2. The van der Waals surface area contributed by atoms with E-state index in [1.165, 1.54) is 6.39 Å². The fourth-order valence-corrected chi connectivity index (χ4v) is 3.13. The van der Waals surface area contributed by atoms with E-state index in [0.717, 1.165) is 38.8 Å². The molecule has 2 amide bonds. The van der Waals surface area contributed by atoms with Crippen LogP contribution in [0.1, 0.15) is 60.4 Å². The normalized spacial score (nSPS) is 15.5. The lowest BCUT2D eigenvalue weighted by molar-refractivity contribution is 0.0724. The van der Waals surface area contributed by atoms with Gasteiger partial charge in [0.2, 0.25) is 0 Å². The molecule has 1 aromatic heterocycles. The van der Waals surface area contributed by atoms with Crippen molar-refractivity contribution in [1.29, 1.82) is 0 Å². The Morgan fingerprint density at radius 3 is 2.69 bits per heavy atom. The summed E-state index contributed by atoms with van der Waals surface area (Å²) in [5.41, 5.74) is 1.36.